The second-order valence-electron chi connectivity index (χ2n) is 9.45. The van der Waals surface area contributed by atoms with Crippen LogP contribution >= 0.6 is 23.2 Å². The molecule has 0 atom stereocenters. The molecule has 0 aliphatic carbocycles. The first-order chi connectivity index (χ1) is 19.5. The Bertz CT molecular complexity index is 1550. The Labute approximate surface area is 248 Å². The molecule has 0 radical (unpaired) electrons. The number of sulfonamides is 1. The second-order valence-corrected chi connectivity index (χ2v) is 12.1. The van der Waals surface area contributed by atoms with E-state index >= 15 is 0 Å². The fourth-order valence-electron chi connectivity index (χ4n) is 4.16. The lowest BCUT2D eigenvalue weighted by molar-refractivity contribution is -0.145. The Hall–Kier alpha value is -3.60. The zero-order valence-corrected chi connectivity index (χ0v) is 24.6. The molecular formula is C29H27Cl2NO8S. The molecule has 0 aromatic heterocycles. The van der Waals surface area contributed by atoms with E-state index in [0.29, 0.717) is 16.3 Å². The van der Waals surface area contributed by atoms with E-state index in [9.17, 15) is 22.8 Å². The fraction of sp³-hybridized carbons (Fsp3) is 0.276. The molecule has 12 heteroatoms. The van der Waals surface area contributed by atoms with E-state index in [-0.39, 0.29) is 63.3 Å². The van der Waals surface area contributed by atoms with Crippen LogP contribution in [0.1, 0.15) is 64.4 Å². The number of hydrogen-bond acceptors (Lipinski definition) is 8. The lowest BCUT2D eigenvalue weighted by atomic mass is 9.96. The SMILES string of the molecule is CC(C)c1cc(OCCCC(=O)OCc2ccccc2)cc2c1C(=O)N(COC(=O)c1c(Cl)cccc1Cl)S2(=O)=O. The van der Waals surface area contributed by atoms with Gasteiger partial charge in [-0.3, -0.25) is 9.59 Å². The third kappa shape index (κ3) is 6.83. The summed E-state index contributed by atoms with van der Waals surface area (Å²) in [7, 11) is -4.36. The summed E-state index contributed by atoms with van der Waals surface area (Å²) in [5.41, 5.74) is 1.18. The molecule has 1 heterocycles. The summed E-state index contributed by atoms with van der Waals surface area (Å²) in [6.45, 7) is 3.04. The first-order valence-corrected chi connectivity index (χ1v) is 14.9. The number of carbonyl (C=O) groups excluding carboxylic acids is 3. The Morgan fingerprint density at radius 3 is 2.29 bits per heavy atom. The summed E-state index contributed by atoms with van der Waals surface area (Å²) in [5.74, 6) is -2.19. The van der Waals surface area contributed by atoms with Crippen molar-refractivity contribution in [2.45, 2.75) is 44.1 Å². The van der Waals surface area contributed by atoms with Gasteiger partial charge in [-0.05, 0) is 41.7 Å². The van der Waals surface area contributed by atoms with Crippen LogP contribution in [0.3, 0.4) is 0 Å². The predicted octanol–water partition coefficient (Wildman–Crippen LogP) is 5.98. The number of rotatable bonds is 11. The van der Waals surface area contributed by atoms with Crippen LogP contribution in [0.2, 0.25) is 10.0 Å². The molecule has 0 saturated carbocycles. The highest BCUT2D eigenvalue weighted by atomic mass is 35.5. The summed E-state index contributed by atoms with van der Waals surface area (Å²) >= 11 is 12.1. The van der Waals surface area contributed by atoms with Gasteiger partial charge in [0.1, 0.15) is 17.3 Å². The Morgan fingerprint density at radius 1 is 0.951 bits per heavy atom. The summed E-state index contributed by atoms with van der Waals surface area (Å²) < 4.78 is 43.4. The van der Waals surface area contributed by atoms with E-state index in [0.717, 1.165) is 5.56 Å². The number of fused-ring (bicyclic) bond motifs is 1. The van der Waals surface area contributed by atoms with Crippen LogP contribution in [0.5, 0.6) is 5.75 Å². The molecule has 41 heavy (non-hydrogen) atoms. The molecule has 0 fully saturated rings. The number of ether oxygens (including phenoxy) is 3. The molecule has 3 aromatic carbocycles. The van der Waals surface area contributed by atoms with E-state index in [1.54, 1.807) is 6.07 Å². The normalized spacial score (nSPS) is 13.7. The second kappa shape index (κ2) is 12.9. The first-order valence-electron chi connectivity index (χ1n) is 12.7. The quantitative estimate of drug-likeness (QED) is 0.190. The average Bonchev–Trinajstić information content (AvgIpc) is 3.12. The van der Waals surface area contributed by atoms with Gasteiger partial charge in [-0.2, -0.15) is 4.31 Å². The molecule has 3 aromatic rings. The van der Waals surface area contributed by atoms with E-state index in [1.807, 2.05) is 44.2 Å². The molecule has 0 N–H and O–H groups in total. The molecule has 1 aliphatic heterocycles. The van der Waals surface area contributed by atoms with Crippen molar-refractivity contribution < 1.29 is 37.0 Å². The number of benzene rings is 3. The van der Waals surface area contributed by atoms with E-state index < -0.39 is 28.6 Å². The highest BCUT2D eigenvalue weighted by Crippen LogP contribution is 2.39. The Kier molecular flexibility index (Phi) is 9.57. The Morgan fingerprint density at radius 2 is 1.63 bits per heavy atom. The minimum Gasteiger partial charge on any atom is -0.494 e. The van der Waals surface area contributed by atoms with Crippen molar-refractivity contribution in [2.24, 2.45) is 0 Å². The Balaban J connectivity index is 1.42. The van der Waals surface area contributed by atoms with Gasteiger partial charge >= 0.3 is 11.9 Å². The van der Waals surface area contributed by atoms with Crippen LogP contribution in [0.4, 0.5) is 0 Å². The third-order valence-corrected chi connectivity index (χ3v) is 8.61. The van der Waals surface area contributed by atoms with Gasteiger partial charge in [0.15, 0.2) is 6.73 Å². The average molecular weight is 621 g/mol. The van der Waals surface area contributed by atoms with Gasteiger partial charge < -0.3 is 14.2 Å². The van der Waals surface area contributed by atoms with Crippen LogP contribution in [0, 0.1) is 0 Å². The van der Waals surface area contributed by atoms with Crippen molar-refractivity contribution in [3.63, 3.8) is 0 Å². The molecule has 0 saturated heterocycles. The summed E-state index contributed by atoms with van der Waals surface area (Å²) in [6.07, 6.45) is 0.445. The number of halogens is 2. The van der Waals surface area contributed by atoms with Crippen molar-refractivity contribution in [2.75, 3.05) is 13.3 Å². The van der Waals surface area contributed by atoms with E-state index in [1.165, 1.54) is 24.3 Å². The topological polar surface area (TPSA) is 116 Å². The van der Waals surface area contributed by atoms with Crippen LogP contribution in [-0.4, -0.2) is 43.9 Å². The minimum atomic E-state index is -4.36. The molecular weight excluding hydrogens is 593 g/mol. The highest BCUT2D eigenvalue weighted by molar-refractivity contribution is 7.90. The lowest BCUT2D eigenvalue weighted by Gasteiger charge is -2.16. The standard InChI is InChI=1S/C29H27Cl2NO8S/c1-18(2)21-14-20(38-13-7-12-25(33)39-16-19-8-4-3-5-9-19)15-24-26(21)28(34)32(41(24,36)37)17-40-29(35)27-22(30)10-6-11-23(27)31/h3-6,8-11,14-15,18H,7,12-13,16-17H2,1-2H3. The smallest absolute Gasteiger partial charge is 0.342 e. The summed E-state index contributed by atoms with van der Waals surface area (Å²) in [5, 5.41) is 0.0458. The van der Waals surface area contributed by atoms with E-state index in [2.05, 4.69) is 0 Å². The zero-order valence-electron chi connectivity index (χ0n) is 22.3. The fourth-order valence-corrected chi connectivity index (χ4v) is 6.18. The number of esters is 2. The summed E-state index contributed by atoms with van der Waals surface area (Å²) in [4.78, 5) is 37.7. The predicted molar refractivity (Wildman–Crippen MR) is 152 cm³/mol. The molecule has 1 amide bonds. The third-order valence-electron chi connectivity index (χ3n) is 6.25. The molecule has 0 unspecified atom stereocenters. The molecule has 0 spiro atoms. The largest absolute Gasteiger partial charge is 0.494 e. The van der Waals surface area contributed by atoms with Crippen LogP contribution < -0.4 is 4.74 Å². The number of nitrogens with zero attached hydrogens (tertiary/aromatic N) is 1. The van der Waals surface area contributed by atoms with Gasteiger partial charge in [0.2, 0.25) is 0 Å². The minimum absolute atomic E-state index is 0.0105. The van der Waals surface area contributed by atoms with Crippen molar-refractivity contribution >= 4 is 51.1 Å². The number of hydrogen-bond donors (Lipinski definition) is 0. The van der Waals surface area contributed by atoms with Crippen LogP contribution in [0.25, 0.3) is 0 Å². The lowest BCUT2D eigenvalue weighted by Crippen LogP contribution is -2.33. The van der Waals surface area contributed by atoms with Gasteiger partial charge in [0.05, 0.1) is 27.8 Å². The molecule has 4 rings (SSSR count). The van der Waals surface area contributed by atoms with Crippen LogP contribution in [0.15, 0.2) is 65.6 Å². The van der Waals surface area contributed by atoms with E-state index in [4.69, 9.17) is 37.4 Å². The van der Waals surface area contributed by atoms with Gasteiger partial charge in [-0.1, -0.05) is 73.4 Å². The zero-order chi connectivity index (χ0) is 29.7. The first kappa shape index (κ1) is 30.4. The van der Waals surface area contributed by atoms with Crippen molar-refractivity contribution in [3.8, 4) is 5.75 Å². The maximum atomic E-state index is 13.4. The monoisotopic (exact) mass is 619 g/mol. The summed E-state index contributed by atoms with van der Waals surface area (Å²) in [6, 6.07) is 16.6. The van der Waals surface area contributed by atoms with Gasteiger partial charge in [-0.15, -0.1) is 0 Å². The van der Waals surface area contributed by atoms with Gasteiger partial charge in [0.25, 0.3) is 15.9 Å². The molecule has 0 bridgehead atoms. The van der Waals surface area contributed by atoms with Crippen molar-refractivity contribution in [1.82, 2.24) is 4.31 Å². The highest BCUT2D eigenvalue weighted by Gasteiger charge is 2.44. The number of amides is 1. The van der Waals surface area contributed by atoms with Gasteiger partial charge in [-0.25, -0.2) is 13.2 Å². The number of carbonyl (C=O) groups is 3. The van der Waals surface area contributed by atoms with Gasteiger partial charge in [0, 0.05) is 12.5 Å². The maximum Gasteiger partial charge on any atom is 0.342 e. The van der Waals surface area contributed by atoms with Crippen molar-refractivity contribution in [3.05, 3.63) is 93.0 Å². The molecule has 1 aliphatic rings. The van der Waals surface area contributed by atoms with Crippen molar-refractivity contribution in [1.29, 1.82) is 0 Å². The molecule has 216 valence electrons. The maximum absolute atomic E-state index is 13.4. The molecule has 9 nitrogen and oxygen atoms in total. The van der Waals surface area contributed by atoms with Crippen LogP contribution in [-0.2, 0) is 30.9 Å².